The maximum Gasteiger partial charge on any atom is 0.119 e. The van der Waals surface area contributed by atoms with Crippen LogP contribution in [-0.4, -0.2) is 33.2 Å². The molecule has 0 saturated carbocycles. The zero-order valence-corrected chi connectivity index (χ0v) is 14.4. The molecule has 3 nitrogen and oxygen atoms in total. The Labute approximate surface area is 137 Å². The van der Waals surface area contributed by atoms with Crippen molar-refractivity contribution in [1.29, 1.82) is 0 Å². The minimum Gasteiger partial charge on any atom is -0.497 e. The van der Waals surface area contributed by atoms with Gasteiger partial charge in [-0.05, 0) is 49.5 Å². The molecule has 0 aromatic heterocycles. The molecule has 0 fully saturated rings. The molecule has 0 heterocycles. The molecule has 2 aromatic carbocycles. The van der Waals surface area contributed by atoms with Gasteiger partial charge in [0.2, 0.25) is 0 Å². The van der Waals surface area contributed by atoms with Crippen molar-refractivity contribution in [3.63, 3.8) is 0 Å². The number of nitrogens with zero attached hydrogens (tertiary/aromatic N) is 1. The molecule has 0 atom stereocenters. The van der Waals surface area contributed by atoms with Crippen molar-refractivity contribution >= 4 is 11.8 Å². The topological polar surface area (TPSA) is 21.7 Å². The second kappa shape index (κ2) is 8.11. The molecule has 0 bridgehead atoms. The molecule has 0 aliphatic rings. The van der Waals surface area contributed by atoms with Gasteiger partial charge in [-0.2, -0.15) is 0 Å². The first-order valence-electron chi connectivity index (χ1n) is 7.19. The Hall–Kier alpha value is -1.65. The Kier molecular flexibility index (Phi) is 6.16. The Morgan fingerprint density at radius 2 is 1.55 bits per heavy atom. The first kappa shape index (κ1) is 16.7. The summed E-state index contributed by atoms with van der Waals surface area (Å²) < 4.78 is 10.5. The molecule has 0 radical (unpaired) electrons. The SMILES string of the molecule is COc1ccc(CSc2cc(OC)ccc2CN(C)C)cc1. The standard InChI is InChI=1S/C18H23NO2S/c1-19(2)12-15-7-10-17(21-4)11-18(15)22-13-14-5-8-16(20-3)9-6-14/h5-11H,12-13H2,1-4H3. The molecule has 22 heavy (non-hydrogen) atoms. The number of rotatable bonds is 7. The molecular weight excluding hydrogens is 294 g/mol. The fourth-order valence-electron chi connectivity index (χ4n) is 2.15. The normalized spacial score (nSPS) is 10.8. The van der Waals surface area contributed by atoms with Crippen LogP contribution in [0.15, 0.2) is 47.4 Å². The quantitative estimate of drug-likeness (QED) is 0.718. The highest BCUT2D eigenvalue weighted by atomic mass is 32.2. The largest absolute Gasteiger partial charge is 0.497 e. The van der Waals surface area contributed by atoms with Crippen LogP contribution in [-0.2, 0) is 12.3 Å². The smallest absolute Gasteiger partial charge is 0.119 e. The minimum absolute atomic E-state index is 0.892. The highest BCUT2D eigenvalue weighted by Crippen LogP contribution is 2.31. The van der Waals surface area contributed by atoms with Gasteiger partial charge >= 0.3 is 0 Å². The summed E-state index contributed by atoms with van der Waals surface area (Å²) >= 11 is 1.84. The van der Waals surface area contributed by atoms with Crippen LogP contribution in [0, 0.1) is 0 Å². The van der Waals surface area contributed by atoms with E-state index in [0.29, 0.717) is 0 Å². The minimum atomic E-state index is 0.892. The van der Waals surface area contributed by atoms with E-state index >= 15 is 0 Å². The third-order valence-corrected chi connectivity index (χ3v) is 4.48. The van der Waals surface area contributed by atoms with Crippen LogP contribution in [0.1, 0.15) is 11.1 Å². The first-order valence-corrected chi connectivity index (χ1v) is 8.18. The summed E-state index contributed by atoms with van der Waals surface area (Å²) in [5.74, 6) is 2.72. The molecule has 2 rings (SSSR count). The van der Waals surface area contributed by atoms with Crippen molar-refractivity contribution in [3.8, 4) is 11.5 Å². The summed E-state index contributed by atoms with van der Waals surface area (Å²) in [7, 11) is 7.57. The lowest BCUT2D eigenvalue weighted by Crippen LogP contribution is -2.11. The van der Waals surface area contributed by atoms with Crippen LogP contribution in [0.25, 0.3) is 0 Å². The second-order valence-electron chi connectivity index (χ2n) is 5.35. The molecular formula is C18H23NO2S. The van der Waals surface area contributed by atoms with E-state index in [4.69, 9.17) is 9.47 Å². The Morgan fingerprint density at radius 3 is 2.14 bits per heavy atom. The molecule has 0 N–H and O–H groups in total. The van der Waals surface area contributed by atoms with Gasteiger partial charge in [-0.25, -0.2) is 0 Å². The van der Waals surface area contributed by atoms with Crippen LogP contribution in [0.3, 0.4) is 0 Å². The third-order valence-electron chi connectivity index (χ3n) is 3.31. The van der Waals surface area contributed by atoms with Gasteiger partial charge in [-0.1, -0.05) is 18.2 Å². The van der Waals surface area contributed by atoms with E-state index in [2.05, 4.69) is 43.3 Å². The average Bonchev–Trinajstić information content (AvgIpc) is 2.54. The van der Waals surface area contributed by atoms with Gasteiger partial charge < -0.3 is 14.4 Å². The van der Waals surface area contributed by atoms with E-state index in [1.807, 2.05) is 30.0 Å². The zero-order valence-electron chi connectivity index (χ0n) is 13.6. The Balaban J connectivity index is 2.11. The second-order valence-corrected chi connectivity index (χ2v) is 6.37. The number of ether oxygens (including phenoxy) is 2. The number of hydrogen-bond donors (Lipinski definition) is 0. The Bertz CT molecular complexity index is 597. The molecule has 0 amide bonds. The summed E-state index contributed by atoms with van der Waals surface area (Å²) in [6.07, 6.45) is 0. The average molecular weight is 317 g/mol. The number of hydrogen-bond acceptors (Lipinski definition) is 4. The van der Waals surface area contributed by atoms with Crippen molar-refractivity contribution in [2.75, 3.05) is 28.3 Å². The van der Waals surface area contributed by atoms with E-state index in [1.165, 1.54) is 16.0 Å². The monoisotopic (exact) mass is 317 g/mol. The van der Waals surface area contributed by atoms with Gasteiger partial charge in [0.15, 0.2) is 0 Å². The van der Waals surface area contributed by atoms with Crippen LogP contribution in [0.5, 0.6) is 11.5 Å². The molecule has 0 aliphatic carbocycles. The summed E-state index contributed by atoms with van der Waals surface area (Å²) in [5, 5.41) is 0. The summed E-state index contributed by atoms with van der Waals surface area (Å²) in [4.78, 5) is 3.45. The highest BCUT2D eigenvalue weighted by molar-refractivity contribution is 7.98. The molecule has 0 aliphatic heterocycles. The number of benzene rings is 2. The van der Waals surface area contributed by atoms with Crippen molar-refractivity contribution < 1.29 is 9.47 Å². The molecule has 0 unspecified atom stereocenters. The third kappa shape index (κ3) is 4.68. The molecule has 2 aromatic rings. The van der Waals surface area contributed by atoms with E-state index < -0.39 is 0 Å². The predicted octanol–water partition coefficient (Wildman–Crippen LogP) is 4.06. The molecule has 118 valence electrons. The van der Waals surface area contributed by atoms with E-state index in [1.54, 1.807) is 14.2 Å². The summed E-state index contributed by atoms with van der Waals surface area (Å²) in [6, 6.07) is 14.5. The lowest BCUT2D eigenvalue weighted by atomic mass is 10.2. The molecule has 4 heteroatoms. The van der Waals surface area contributed by atoms with Crippen molar-refractivity contribution in [2.45, 2.75) is 17.2 Å². The molecule has 0 spiro atoms. The lowest BCUT2D eigenvalue weighted by Gasteiger charge is -2.15. The van der Waals surface area contributed by atoms with Crippen LogP contribution in [0.4, 0.5) is 0 Å². The summed E-state index contributed by atoms with van der Waals surface area (Å²) in [5.41, 5.74) is 2.61. The first-order chi connectivity index (χ1) is 10.6. The van der Waals surface area contributed by atoms with Gasteiger partial charge in [0.1, 0.15) is 11.5 Å². The van der Waals surface area contributed by atoms with Crippen molar-refractivity contribution in [1.82, 2.24) is 4.90 Å². The zero-order chi connectivity index (χ0) is 15.9. The van der Waals surface area contributed by atoms with E-state index in [9.17, 15) is 0 Å². The summed E-state index contributed by atoms with van der Waals surface area (Å²) in [6.45, 7) is 0.926. The van der Waals surface area contributed by atoms with Crippen LogP contribution >= 0.6 is 11.8 Å². The highest BCUT2D eigenvalue weighted by Gasteiger charge is 2.07. The van der Waals surface area contributed by atoms with E-state index in [0.717, 1.165) is 23.8 Å². The number of thioether (sulfide) groups is 1. The van der Waals surface area contributed by atoms with Gasteiger partial charge in [0, 0.05) is 17.2 Å². The Morgan fingerprint density at radius 1 is 0.909 bits per heavy atom. The lowest BCUT2D eigenvalue weighted by molar-refractivity contribution is 0.395. The van der Waals surface area contributed by atoms with Crippen LogP contribution < -0.4 is 9.47 Å². The van der Waals surface area contributed by atoms with Gasteiger partial charge in [-0.3, -0.25) is 0 Å². The van der Waals surface area contributed by atoms with Crippen molar-refractivity contribution in [2.24, 2.45) is 0 Å². The number of methoxy groups -OCH3 is 2. The maximum atomic E-state index is 5.35. The molecule has 0 saturated heterocycles. The van der Waals surface area contributed by atoms with E-state index in [-0.39, 0.29) is 0 Å². The van der Waals surface area contributed by atoms with Gasteiger partial charge in [0.05, 0.1) is 14.2 Å². The fraction of sp³-hybridized carbons (Fsp3) is 0.333. The maximum absolute atomic E-state index is 5.35. The van der Waals surface area contributed by atoms with Crippen molar-refractivity contribution in [3.05, 3.63) is 53.6 Å². The van der Waals surface area contributed by atoms with Crippen LogP contribution in [0.2, 0.25) is 0 Å². The predicted molar refractivity (Wildman–Crippen MR) is 92.9 cm³/mol. The van der Waals surface area contributed by atoms with Gasteiger partial charge in [-0.15, -0.1) is 11.8 Å². The van der Waals surface area contributed by atoms with Gasteiger partial charge in [0.25, 0.3) is 0 Å². The fourth-order valence-corrected chi connectivity index (χ4v) is 3.18.